The summed E-state index contributed by atoms with van der Waals surface area (Å²) in [6.07, 6.45) is 0. The van der Waals surface area contributed by atoms with Crippen LogP contribution < -0.4 is 0 Å². The fourth-order valence-electron chi connectivity index (χ4n) is 2.54. The second-order valence-electron chi connectivity index (χ2n) is 5.50. The van der Waals surface area contributed by atoms with Gasteiger partial charge in [0.05, 0.1) is 5.69 Å². The summed E-state index contributed by atoms with van der Waals surface area (Å²) in [6.45, 7) is 4.14. The van der Waals surface area contributed by atoms with E-state index < -0.39 is 0 Å². The summed E-state index contributed by atoms with van der Waals surface area (Å²) in [5, 5.41) is 15.2. The predicted octanol–water partition coefficient (Wildman–Crippen LogP) is 4.27. The van der Waals surface area contributed by atoms with Crippen molar-refractivity contribution in [1.82, 2.24) is 25.6 Å². The van der Waals surface area contributed by atoms with E-state index in [0.717, 1.165) is 16.3 Å². The Morgan fingerprint density at radius 3 is 2.08 bits per heavy atom. The first kappa shape index (κ1) is 14.7. The fraction of sp³-hybridized carbons (Fsp3) is 0.111. The maximum atomic E-state index is 4.59. The Hall–Kier alpha value is -2.86. The van der Waals surface area contributed by atoms with Gasteiger partial charge in [0.1, 0.15) is 5.01 Å². The monoisotopic (exact) mass is 333 g/mol. The molecule has 5 nitrogen and oxygen atoms in total. The minimum atomic E-state index is 0.657. The maximum Gasteiger partial charge on any atom is 0.205 e. The van der Waals surface area contributed by atoms with E-state index >= 15 is 0 Å². The van der Waals surface area contributed by atoms with Crippen LogP contribution in [0.2, 0.25) is 0 Å². The van der Waals surface area contributed by atoms with Crippen molar-refractivity contribution in [2.24, 2.45) is 0 Å². The van der Waals surface area contributed by atoms with Crippen LogP contribution in [0.15, 0.2) is 48.5 Å². The highest BCUT2D eigenvalue weighted by Gasteiger charge is 2.28. The van der Waals surface area contributed by atoms with E-state index in [4.69, 9.17) is 0 Å². The molecule has 24 heavy (non-hydrogen) atoms. The molecule has 0 unspecified atom stereocenters. The molecule has 2 heterocycles. The number of aryl methyl sites for hydroxylation is 2. The van der Waals surface area contributed by atoms with Crippen LogP contribution >= 0.6 is 11.3 Å². The first-order valence-electron chi connectivity index (χ1n) is 7.60. The number of nitrogens with one attached hydrogen (secondary N) is 1. The van der Waals surface area contributed by atoms with E-state index in [2.05, 4.69) is 44.7 Å². The Kier molecular flexibility index (Phi) is 3.66. The number of aromatic amines is 1. The quantitative estimate of drug-likeness (QED) is 0.524. The molecule has 0 bridgehead atoms. The van der Waals surface area contributed by atoms with Gasteiger partial charge in [0.15, 0.2) is 0 Å². The van der Waals surface area contributed by atoms with E-state index in [1.165, 1.54) is 21.6 Å². The first-order chi connectivity index (χ1) is 11.7. The van der Waals surface area contributed by atoms with Gasteiger partial charge in [-0.1, -0.05) is 36.4 Å². The highest BCUT2D eigenvalue weighted by Crippen LogP contribution is 2.51. The van der Waals surface area contributed by atoms with Crippen LogP contribution in [-0.2, 0) is 0 Å². The van der Waals surface area contributed by atoms with Crippen LogP contribution in [0.1, 0.15) is 10.6 Å². The van der Waals surface area contributed by atoms with E-state index in [9.17, 15) is 0 Å². The minimum Gasteiger partial charge on any atom is -0.241 e. The van der Waals surface area contributed by atoms with Crippen LogP contribution in [0.5, 0.6) is 0 Å². The van der Waals surface area contributed by atoms with Crippen molar-refractivity contribution in [2.45, 2.75) is 13.8 Å². The zero-order chi connectivity index (χ0) is 16.5. The minimum absolute atomic E-state index is 0.657. The Bertz CT molecular complexity index is 928. The summed E-state index contributed by atoms with van der Waals surface area (Å²) in [5.41, 5.74) is 5.85. The topological polar surface area (TPSA) is 67.3 Å². The third kappa shape index (κ3) is 2.51. The highest BCUT2D eigenvalue weighted by atomic mass is 32.1. The highest BCUT2D eigenvalue weighted by molar-refractivity contribution is 7.15. The molecule has 2 aromatic heterocycles. The lowest BCUT2D eigenvalue weighted by molar-refractivity contribution is 0.881. The maximum absolute atomic E-state index is 4.59. The number of tetrazole rings is 1. The smallest absolute Gasteiger partial charge is 0.205 e. The summed E-state index contributed by atoms with van der Waals surface area (Å²) in [4.78, 5) is 5.86. The van der Waals surface area contributed by atoms with Gasteiger partial charge in [-0.2, -0.15) is 5.21 Å². The van der Waals surface area contributed by atoms with Gasteiger partial charge in [-0.15, -0.1) is 21.5 Å². The van der Waals surface area contributed by atoms with E-state index in [0.29, 0.717) is 5.82 Å². The standard InChI is InChI=1S/C12H9N5S.C6H6/c1-5-6(2)18-12(13-5)9-4-7-3-8(10(7)9)11-14-16-17-15-11;1-2-4-6-5-3-1/h3-4H,1-2H3,(H,14,15,16,17);1-6H. The average molecular weight is 333 g/mol. The molecule has 1 aromatic carbocycles. The molecule has 0 saturated heterocycles. The van der Waals surface area contributed by atoms with Gasteiger partial charge < -0.3 is 0 Å². The number of rotatable bonds is 2. The van der Waals surface area contributed by atoms with Crippen LogP contribution in [0, 0.1) is 13.8 Å². The Balaban J connectivity index is 0.000000207. The second kappa shape index (κ2) is 5.98. The molecular formula is C18H15N5S. The van der Waals surface area contributed by atoms with E-state index in [1.54, 1.807) is 11.3 Å². The van der Waals surface area contributed by atoms with Gasteiger partial charge >= 0.3 is 0 Å². The van der Waals surface area contributed by atoms with E-state index in [-0.39, 0.29) is 0 Å². The number of benzene rings is 2. The number of aromatic nitrogens is 5. The lowest BCUT2D eigenvalue weighted by Gasteiger charge is -2.23. The van der Waals surface area contributed by atoms with Gasteiger partial charge in [0.2, 0.25) is 5.82 Å². The Morgan fingerprint density at radius 2 is 1.58 bits per heavy atom. The van der Waals surface area contributed by atoms with Crippen LogP contribution in [0.4, 0.5) is 0 Å². The van der Waals surface area contributed by atoms with Crippen molar-refractivity contribution in [3.05, 3.63) is 59.1 Å². The van der Waals surface area contributed by atoms with Crippen molar-refractivity contribution in [3.63, 3.8) is 0 Å². The average Bonchev–Trinajstić information content (AvgIpc) is 3.22. The molecule has 0 atom stereocenters. The fourth-order valence-corrected chi connectivity index (χ4v) is 3.47. The molecule has 5 rings (SSSR count). The lowest BCUT2D eigenvalue weighted by atomic mass is 9.81. The molecule has 0 saturated carbocycles. The number of hydrogen-bond acceptors (Lipinski definition) is 5. The van der Waals surface area contributed by atoms with Crippen LogP contribution in [-0.4, -0.2) is 25.6 Å². The number of hydrogen-bond donors (Lipinski definition) is 1. The van der Waals surface area contributed by atoms with Crippen molar-refractivity contribution in [2.75, 3.05) is 0 Å². The van der Waals surface area contributed by atoms with Crippen LogP contribution in [0.25, 0.3) is 33.1 Å². The molecule has 0 aliphatic heterocycles. The predicted molar refractivity (Wildman–Crippen MR) is 95.6 cm³/mol. The Labute approximate surface area is 143 Å². The largest absolute Gasteiger partial charge is 0.241 e. The molecule has 2 aliphatic rings. The summed E-state index contributed by atoms with van der Waals surface area (Å²) in [7, 11) is 0. The molecule has 6 heteroatoms. The molecule has 0 spiro atoms. The number of H-pyrrole nitrogens is 1. The molecule has 1 N–H and O–H groups in total. The van der Waals surface area contributed by atoms with E-state index in [1.807, 2.05) is 43.3 Å². The molecule has 2 aliphatic carbocycles. The molecular weight excluding hydrogens is 318 g/mol. The molecule has 3 aromatic rings. The zero-order valence-electron chi connectivity index (χ0n) is 13.3. The number of nitrogens with zero attached hydrogens (tertiary/aromatic N) is 4. The summed E-state index contributed by atoms with van der Waals surface area (Å²) in [5.74, 6) is 0.657. The summed E-state index contributed by atoms with van der Waals surface area (Å²) in [6, 6.07) is 16.2. The third-order valence-corrected chi connectivity index (χ3v) is 5.05. The van der Waals surface area contributed by atoms with Gasteiger partial charge in [-0.3, -0.25) is 0 Å². The molecule has 118 valence electrons. The van der Waals surface area contributed by atoms with Crippen molar-refractivity contribution >= 4 is 11.3 Å². The van der Waals surface area contributed by atoms with Crippen molar-refractivity contribution < 1.29 is 0 Å². The van der Waals surface area contributed by atoms with Crippen LogP contribution in [0.3, 0.4) is 0 Å². The normalized spacial score (nSPS) is 10.9. The molecule has 0 radical (unpaired) electrons. The second-order valence-corrected chi connectivity index (χ2v) is 6.70. The third-order valence-electron chi connectivity index (χ3n) is 3.94. The first-order valence-corrected chi connectivity index (χ1v) is 8.42. The van der Waals surface area contributed by atoms with Crippen molar-refractivity contribution in [3.8, 4) is 33.1 Å². The molecule has 0 fully saturated rings. The van der Waals surface area contributed by atoms with Crippen molar-refractivity contribution in [1.29, 1.82) is 0 Å². The van der Waals surface area contributed by atoms with Gasteiger partial charge in [0.25, 0.3) is 0 Å². The SMILES string of the molecule is Cc1nc(-c2cc3cc(-c4nn[nH]n4)c2-3)sc1C.c1ccccc1. The number of fused-ring (bicyclic) bond motifs is 1. The van der Waals surface area contributed by atoms with Gasteiger partial charge in [0, 0.05) is 21.6 Å². The lowest BCUT2D eigenvalue weighted by Crippen LogP contribution is -2.02. The van der Waals surface area contributed by atoms with Gasteiger partial charge in [-0.25, -0.2) is 4.98 Å². The number of thiazole rings is 1. The molecule has 0 amide bonds. The Morgan fingerprint density at radius 1 is 0.917 bits per heavy atom. The van der Waals surface area contributed by atoms with Gasteiger partial charge in [-0.05, 0) is 36.8 Å². The summed E-state index contributed by atoms with van der Waals surface area (Å²) >= 11 is 1.73. The zero-order valence-corrected chi connectivity index (χ0v) is 14.1. The summed E-state index contributed by atoms with van der Waals surface area (Å²) < 4.78 is 0.